The van der Waals surface area contributed by atoms with Crippen LogP contribution < -0.4 is 16.4 Å². The number of halogens is 3. The second kappa shape index (κ2) is 11.3. The molecule has 0 radical (unpaired) electrons. The highest BCUT2D eigenvalue weighted by Crippen LogP contribution is 2.12. The number of piperidine rings is 1. The van der Waals surface area contributed by atoms with Crippen molar-refractivity contribution < 1.29 is 18.0 Å². The van der Waals surface area contributed by atoms with Gasteiger partial charge in [0.05, 0.1) is 6.54 Å². The van der Waals surface area contributed by atoms with Gasteiger partial charge in [0.1, 0.15) is 12.3 Å². The van der Waals surface area contributed by atoms with Gasteiger partial charge in [-0.2, -0.15) is 0 Å². The molecule has 1 saturated heterocycles. The summed E-state index contributed by atoms with van der Waals surface area (Å²) in [5.41, 5.74) is 5.15. The number of likely N-dealkylation sites (tertiary alicyclic amines) is 1. The Kier molecular flexibility index (Phi) is 9.84. The lowest BCUT2D eigenvalue weighted by Crippen LogP contribution is -2.49. The van der Waals surface area contributed by atoms with E-state index < -0.39 is 12.3 Å². The number of hydrogen-bond donors (Lipinski definition) is 3. The fourth-order valence-corrected chi connectivity index (χ4v) is 2.72. The van der Waals surface area contributed by atoms with Gasteiger partial charge < -0.3 is 20.8 Å². The predicted molar refractivity (Wildman–Crippen MR) is 106 cm³/mol. The zero-order chi connectivity index (χ0) is 18.2. The van der Waals surface area contributed by atoms with E-state index in [4.69, 9.17) is 10.2 Å². The molecular formula is C16H26F2IN5O2. The number of amides is 1. The Balaban J connectivity index is 0.00000338. The normalized spacial score (nSPS) is 16.4. The molecule has 2 rings (SSSR count). The molecule has 26 heavy (non-hydrogen) atoms. The van der Waals surface area contributed by atoms with Crippen molar-refractivity contribution in [1.29, 1.82) is 0 Å². The van der Waals surface area contributed by atoms with Crippen molar-refractivity contribution in [1.82, 2.24) is 15.5 Å². The van der Waals surface area contributed by atoms with Gasteiger partial charge in [-0.15, -0.1) is 24.0 Å². The number of guanidine groups is 1. The van der Waals surface area contributed by atoms with Crippen LogP contribution in [0.25, 0.3) is 0 Å². The van der Waals surface area contributed by atoms with E-state index in [0.717, 1.165) is 12.8 Å². The maximum absolute atomic E-state index is 12.4. The van der Waals surface area contributed by atoms with Crippen molar-refractivity contribution in [2.75, 3.05) is 26.2 Å². The molecule has 0 unspecified atom stereocenters. The van der Waals surface area contributed by atoms with Crippen LogP contribution in [0.15, 0.2) is 21.5 Å². The van der Waals surface area contributed by atoms with E-state index >= 15 is 0 Å². The fraction of sp³-hybridized carbons (Fsp3) is 0.625. The summed E-state index contributed by atoms with van der Waals surface area (Å²) in [7, 11) is 0. The van der Waals surface area contributed by atoms with Gasteiger partial charge in [0.2, 0.25) is 0 Å². The molecule has 10 heteroatoms. The molecule has 1 aromatic rings. The quantitative estimate of drug-likeness (QED) is 0.311. The molecule has 1 amide bonds. The van der Waals surface area contributed by atoms with E-state index in [1.807, 2.05) is 6.92 Å². The van der Waals surface area contributed by atoms with Crippen LogP contribution in [-0.2, 0) is 6.54 Å². The molecule has 1 aromatic heterocycles. The van der Waals surface area contributed by atoms with Crippen molar-refractivity contribution in [3.63, 3.8) is 0 Å². The van der Waals surface area contributed by atoms with Crippen LogP contribution in [0.4, 0.5) is 8.78 Å². The maximum Gasteiger partial charge on any atom is 0.284 e. The second-order valence-electron chi connectivity index (χ2n) is 5.94. The maximum atomic E-state index is 12.4. The van der Waals surface area contributed by atoms with Crippen LogP contribution in [0.5, 0.6) is 0 Å². The van der Waals surface area contributed by atoms with Crippen LogP contribution in [0.2, 0.25) is 0 Å². The summed E-state index contributed by atoms with van der Waals surface area (Å²) in [5, 5.41) is 6.47. The monoisotopic (exact) mass is 485 g/mol. The van der Waals surface area contributed by atoms with Gasteiger partial charge in [-0.1, -0.05) is 0 Å². The Hall–Kier alpha value is -1.43. The van der Waals surface area contributed by atoms with Gasteiger partial charge in [-0.25, -0.2) is 13.8 Å². The fourth-order valence-electron chi connectivity index (χ4n) is 2.72. The molecule has 1 aliphatic rings. The smallest absolute Gasteiger partial charge is 0.284 e. The first-order valence-corrected chi connectivity index (χ1v) is 8.41. The average molecular weight is 485 g/mol. The third-order valence-corrected chi connectivity index (χ3v) is 3.97. The Labute approximate surface area is 168 Å². The summed E-state index contributed by atoms with van der Waals surface area (Å²) in [6, 6.07) is 3.37. The van der Waals surface area contributed by atoms with Crippen molar-refractivity contribution in [2.24, 2.45) is 10.7 Å². The molecule has 0 saturated carbocycles. The minimum absolute atomic E-state index is 0. The highest BCUT2D eigenvalue weighted by atomic mass is 127. The number of nitrogens with one attached hydrogen (secondary N) is 2. The minimum atomic E-state index is -2.29. The van der Waals surface area contributed by atoms with E-state index in [2.05, 4.69) is 15.6 Å². The van der Waals surface area contributed by atoms with Gasteiger partial charge in [-0.3, -0.25) is 9.69 Å². The number of furan rings is 1. The minimum Gasteiger partial charge on any atom is -0.454 e. The summed E-state index contributed by atoms with van der Waals surface area (Å²) in [6.45, 7) is 4.04. The van der Waals surface area contributed by atoms with E-state index in [1.165, 1.54) is 6.07 Å². The number of nitrogens with zero attached hydrogens (tertiary/aromatic N) is 2. The summed E-state index contributed by atoms with van der Waals surface area (Å²) < 4.78 is 30.1. The summed E-state index contributed by atoms with van der Waals surface area (Å²) in [4.78, 5) is 17.2. The molecule has 0 atom stereocenters. The third-order valence-electron chi connectivity index (χ3n) is 3.97. The van der Waals surface area contributed by atoms with E-state index in [-0.39, 0.29) is 48.9 Å². The van der Waals surface area contributed by atoms with Crippen LogP contribution in [-0.4, -0.2) is 55.4 Å². The topological polar surface area (TPSA) is 95.9 Å². The summed E-state index contributed by atoms with van der Waals surface area (Å²) >= 11 is 0. The molecule has 0 aromatic carbocycles. The molecular weight excluding hydrogens is 459 g/mol. The molecule has 7 nitrogen and oxygen atoms in total. The Morgan fingerprint density at radius 3 is 2.65 bits per heavy atom. The first kappa shape index (κ1) is 22.6. The molecule has 1 aliphatic heterocycles. The number of aliphatic imine (C=N–C) groups is 1. The van der Waals surface area contributed by atoms with E-state index in [1.54, 1.807) is 11.0 Å². The summed E-state index contributed by atoms with van der Waals surface area (Å²) in [6.07, 6.45) is -0.727. The van der Waals surface area contributed by atoms with Gasteiger partial charge in [0, 0.05) is 25.7 Å². The van der Waals surface area contributed by atoms with Crippen LogP contribution in [0, 0.1) is 0 Å². The van der Waals surface area contributed by atoms with Gasteiger partial charge in [0.15, 0.2) is 11.7 Å². The zero-order valence-electron chi connectivity index (χ0n) is 14.7. The number of alkyl halides is 2. The van der Waals surface area contributed by atoms with E-state index in [0.29, 0.717) is 31.4 Å². The van der Waals surface area contributed by atoms with Crippen LogP contribution >= 0.6 is 24.0 Å². The molecule has 148 valence electrons. The molecule has 0 spiro atoms. The average Bonchev–Trinajstić information content (AvgIpc) is 3.03. The highest BCUT2D eigenvalue weighted by Gasteiger charge is 2.22. The Bertz CT molecular complexity index is 589. The number of carbonyl (C=O) groups is 1. The van der Waals surface area contributed by atoms with Gasteiger partial charge >= 0.3 is 0 Å². The van der Waals surface area contributed by atoms with Crippen molar-refractivity contribution in [3.05, 3.63) is 23.7 Å². The Morgan fingerprint density at radius 1 is 1.42 bits per heavy atom. The third kappa shape index (κ3) is 7.44. The predicted octanol–water partition coefficient (Wildman–Crippen LogP) is 1.78. The first-order chi connectivity index (χ1) is 12.0. The van der Waals surface area contributed by atoms with E-state index in [9.17, 15) is 13.6 Å². The lowest BCUT2D eigenvalue weighted by Gasteiger charge is -2.32. The number of primary amides is 1. The zero-order valence-corrected chi connectivity index (χ0v) is 17.0. The lowest BCUT2D eigenvalue weighted by molar-refractivity contribution is 0.0744. The SMILES string of the molecule is CCNC(=NCc1ccc(C(N)=O)o1)NC1CCN(CC(F)F)CC1.I. The Morgan fingerprint density at radius 2 is 2.12 bits per heavy atom. The van der Waals surface area contributed by atoms with Crippen LogP contribution in [0.1, 0.15) is 36.1 Å². The van der Waals surface area contributed by atoms with Crippen molar-refractivity contribution >= 4 is 35.8 Å². The van der Waals surface area contributed by atoms with Gasteiger partial charge in [0.25, 0.3) is 12.3 Å². The standard InChI is InChI=1S/C16H25F2N5O2.HI/c1-2-20-16(21-9-12-3-4-13(25-12)15(19)24)22-11-5-7-23(8-6-11)10-14(17)18;/h3-4,11,14H,2,5-10H2,1H3,(H2,19,24)(H2,20,21,22);1H. The van der Waals surface area contributed by atoms with Crippen molar-refractivity contribution in [3.8, 4) is 0 Å². The number of rotatable bonds is 7. The molecule has 2 heterocycles. The van der Waals surface area contributed by atoms with Gasteiger partial charge in [-0.05, 0) is 31.9 Å². The molecule has 4 N–H and O–H groups in total. The molecule has 1 fully saturated rings. The van der Waals surface area contributed by atoms with Crippen LogP contribution in [0.3, 0.4) is 0 Å². The summed E-state index contributed by atoms with van der Waals surface area (Å²) in [5.74, 6) is 0.662. The molecule has 0 bridgehead atoms. The lowest BCUT2D eigenvalue weighted by atomic mass is 10.1. The second-order valence-corrected chi connectivity index (χ2v) is 5.94. The molecule has 0 aliphatic carbocycles. The first-order valence-electron chi connectivity index (χ1n) is 8.41. The number of nitrogens with two attached hydrogens (primary N) is 1. The van der Waals surface area contributed by atoms with Crippen molar-refractivity contribution in [2.45, 2.75) is 38.8 Å². The highest BCUT2D eigenvalue weighted by molar-refractivity contribution is 14.0. The largest absolute Gasteiger partial charge is 0.454 e. The number of hydrogen-bond acceptors (Lipinski definition) is 4. The number of carbonyl (C=O) groups excluding carboxylic acids is 1.